The monoisotopic (exact) mass is 417 g/mol. The molecule has 1 unspecified atom stereocenters. The first kappa shape index (κ1) is 22.7. The van der Waals surface area contributed by atoms with Crippen molar-refractivity contribution in [3.05, 3.63) is 45.9 Å². The van der Waals surface area contributed by atoms with Gasteiger partial charge < -0.3 is 20.7 Å². The Balaban J connectivity index is 1.76. The zero-order valence-corrected chi connectivity index (χ0v) is 18.6. The molecule has 1 aromatic carbocycles. The fourth-order valence-corrected chi connectivity index (χ4v) is 3.27. The molecule has 0 aliphatic rings. The second-order valence-electron chi connectivity index (χ2n) is 7.16. The minimum Gasteiger partial charge on any atom is -0.493 e. The second kappa shape index (κ2) is 11.4. The molecular weight excluding hydrogens is 386 g/mol. The van der Waals surface area contributed by atoms with Gasteiger partial charge in [-0.25, -0.2) is 4.98 Å². The third-order valence-corrected chi connectivity index (χ3v) is 5.12. The van der Waals surface area contributed by atoms with Gasteiger partial charge >= 0.3 is 0 Å². The van der Waals surface area contributed by atoms with Gasteiger partial charge in [0.25, 0.3) is 5.91 Å². The molecule has 1 atom stereocenters. The fourth-order valence-electron chi connectivity index (χ4n) is 2.56. The van der Waals surface area contributed by atoms with Crippen LogP contribution in [-0.2, 0) is 0 Å². The lowest BCUT2D eigenvalue weighted by molar-refractivity contribution is 0.0957. The van der Waals surface area contributed by atoms with Crippen LogP contribution < -0.4 is 20.7 Å². The van der Waals surface area contributed by atoms with E-state index in [1.54, 1.807) is 12.6 Å². The van der Waals surface area contributed by atoms with Gasteiger partial charge in [-0.15, -0.1) is 11.3 Å². The first-order valence-electron chi connectivity index (χ1n) is 9.79. The van der Waals surface area contributed by atoms with Crippen LogP contribution >= 0.6 is 11.3 Å². The number of hydrogen-bond donors (Lipinski definition) is 3. The predicted octanol–water partition coefficient (Wildman–Crippen LogP) is 3.14. The van der Waals surface area contributed by atoms with Crippen molar-refractivity contribution in [2.24, 2.45) is 10.9 Å². The Bertz CT molecular complexity index is 802. The Kier molecular flexibility index (Phi) is 8.92. The van der Waals surface area contributed by atoms with Crippen molar-refractivity contribution in [1.29, 1.82) is 0 Å². The van der Waals surface area contributed by atoms with Crippen molar-refractivity contribution >= 4 is 23.2 Å². The Morgan fingerprint density at radius 1 is 1.17 bits per heavy atom. The highest BCUT2D eigenvalue weighted by atomic mass is 32.1. The summed E-state index contributed by atoms with van der Waals surface area (Å²) in [5.74, 6) is 1.97. The molecule has 7 nitrogen and oxygen atoms in total. The minimum absolute atomic E-state index is 0.0785. The molecule has 29 heavy (non-hydrogen) atoms. The number of hydrogen-bond acceptors (Lipinski definition) is 5. The number of benzene rings is 1. The van der Waals surface area contributed by atoms with Gasteiger partial charge in [-0.2, -0.15) is 0 Å². The molecule has 2 rings (SSSR count). The number of carbonyl (C=O) groups excluding carboxylic acids is 1. The quantitative estimate of drug-likeness (QED) is 0.331. The summed E-state index contributed by atoms with van der Waals surface area (Å²) in [5.41, 5.74) is 3.57. The number of aliphatic imine (C=N–C) groups is 1. The van der Waals surface area contributed by atoms with Gasteiger partial charge in [0, 0.05) is 20.1 Å². The molecule has 158 valence electrons. The van der Waals surface area contributed by atoms with Gasteiger partial charge in [-0.1, -0.05) is 26.0 Å². The third kappa shape index (κ3) is 7.38. The van der Waals surface area contributed by atoms with Gasteiger partial charge in [0.05, 0.1) is 23.9 Å². The lowest BCUT2D eigenvalue weighted by Gasteiger charge is -2.19. The largest absolute Gasteiger partial charge is 0.493 e. The molecule has 1 aromatic heterocycles. The molecule has 0 spiro atoms. The molecular formula is C21H31N5O2S. The van der Waals surface area contributed by atoms with E-state index in [9.17, 15) is 4.79 Å². The highest BCUT2D eigenvalue weighted by Gasteiger charge is 2.11. The number of thiazole rings is 1. The summed E-state index contributed by atoms with van der Waals surface area (Å²) in [6.45, 7) is 9.94. The van der Waals surface area contributed by atoms with E-state index in [0.29, 0.717) is 36.5 Å². The van der Waals surface area contributed by atoms with Crippen LogP contribution in [0.25, 0.3) is 0 Å². The van der Waals surface area contributed by atoms with Crippen molar-refractivity contribution in [3.8, 4) is 5.75 Å². The smallest absolute Gasteiger partial charge is 0.263 e. The summed E-state index contributed by atoms with van der Waals surface area (Å²) in [7, 11) is 1.73. The van der Waals surface area contributed by atoms with E-state index in [1.807, 2.05) is 19.1 Å². The van der Waals surface area contributed by atoms with Crippen LogP contribution in [0, 0.1) is 12.8 Å². The molecule has 0 bridgehead atoms. The van der Waals surface area contributed by atoms with Crippen molar-refractivity contribution in [2.75, 3.05) is 26.7 Å². The Morgan fingerprint density at radius 2 is 1.86 bits per heavy atom. The highest BCUT2D eigenvalue weighted by Crippen LogP contribution is 2.18. The van der Waals surface area contributed by atoms with Gasteiger partial charge in [0.2, 0.25) is 0 Å². The van der Waals surface area contributed by atoms with Gasteiger partial charge in [0.1, 0.15) is 10.6 Å². The number of nitrogens with zero attached hydrogens (tertiary/aromatic N) is 2. The first-order valence-corrected chi connectivity index (χ1v) is 10.7. The van der Waals surface area contributed by atoms with Crippen molar-refractivity contribution in [1.82, 2.24) is 20.9 Å². The molecule has 8 heteroatoms. The lowest BCUT2D eigenvalue weighted by atomic mass is 10.1. The summed E-state index contributed by atoms with van der Waals surface area (Å²) in [4.78, 5) is 21.1. The molecule has 0 fully saturated rings. The van der Waals surface area contributed by atoms with Crippen LogP contribution in [0.1, 0.15) is 47.7 Å². The molecule has 2 aromatic rings. The molecule has 0 saturated carbocycles. The summed E-state index contributed by atoms with van der Waals surface area (Å²) in [6.07, 6.45) is 0. The number of nitrogens with one attached hydrogen (secondary N) is 3. The molecule has 0 aliphatic carbocycles. The predicted molar refractivity (Wildman–Crippen MR) is 119 cm³/mol. The number of carbonyl (C=O) groups is 1. The fraction of sp³-hybridized carbons (Fsp3) is 0.476. The maximum absolute atomic E-state index is 12.1. The summed E-state index contributed by atoms with van der Waals surface area (Å²) >= 11 is 1.35. The van der Waals surface area contributed by atoms with Crippen molar-refractivity contribution < 1.29 is 9.53 Å². The van der Waals surface area contributed by atoms with Gasteiger partial charge in [-0.3, -0.25) is 9.79 Å². The van der Waals surface area contributed by atoms with E-state index in [-0.39, 0.29) is 11.9 Å². The average Bonchev–Trinajstić information content (AvgIpc) is 3.14. The van der Waals surface area contributed by atoms with Crippen LogP contribution in [0.3, 0.4) is 0 Å². The number of amides is 1. The second-order valence-corrected chi connectivity index (χ2v) is 8.02. The van der Waals surface area contributed by atoms with E-state index in [1.165, 1.54) is 11.3 Å². The van der Waals surface area contributed by atoms with E-state index in [2.05, 4.69) is 58.8 Å². The first-order chi connectivity index (χ1) is 13.9. The van der Waals surface area contributed by atoms with Crippen molar-refractivity contribution in [3.63, 3.8) is 0 Å². The number of ether oxygens (including phenoxy) is 1. The number of aryl methyl sites for hydroxylation is 1. The number of aromatic nitrogens is 1. The number of rotatable bonds is 9. The Labute approximate surface area is 177 Å². The van der Waals surface area contributed by atoms with Crippen LogP contribution in [0.2, 0.25) is 0 Å². The average molecular weight is 418 g/mol. The summed E-state index contributed by atoms with van der Waals surface area (Å²) in [6, 6.07) is 8.16. The van der Waals surface area contributed by atoms with Crippen molar-refractivity contribution in [2.45, 2.75) is 33.7 Å². The topological polar surface area (TPSA) is 87.6 Å². The molecule has 3 N–H and O–H groups in total. The summed E-state index contributed by atoms with van der Waals surface area (Å²) < 4.78 is 5.73. The molecule has 0 saturated heterocycles. The van der Waals surface area contributed by atoms with Gasteiger partial charge in [-0.05, 0) is 37.5 Å². The van der Waals surface area contributed by atoms with Gasteiger partial charge in [0.15, 0.2) is 5.96 Å². The van der Waals surface area contributed by atoms with Crippen LogP contribution in [0.5, 0.6) is 5.75 Å². The van der Waals surface area contributed by atoms with E-state index in [4.69, 9.17) is 4.74 Å². The lowest BCUT2D eigenvalue weighted by Crippen LogP contribution is -2.42. The third-order valence-electron chi connectivity index (χ3n) is 4.20. The highest BCUT2D eigenvalue weighted by molar-refractivity contribution is 7.11. The molecule has 0 radical (unpaired) electrons. The van der Waals surface area contributed by atoms with Crippen LogP contribution in [0.15, 0.2) is 34.8 Å². The standard InChI is InChI=1S/C21H31N5O2S/c1-14(2)12-28-18-8-6-17(7-9-18)15(3)26-21(22-5)24-11-10-23-20(27)19-16(4)25-13-29-19/h6-9,13-15H,10-12H2,1-5H3,(H,23,27)(H2,22,24,26). The molecule has 1 amide bonds. The Hall–Kier alpha value is -2.61. The van der Waals surface area contributed by atoms with E-state index in [0.717, 1.165) is 17.0 Å². The Morgan fingerprint density at radius 3 is 2.45 bits per heavy atom. The SMILES string of the molecule is CN=C(NCCNC(=O)c1scnc1C)NC(C)c1ccc(OCC(C)C)cc1. The zero-order chi connectivity index (χ0) is 21.2. The molecule has 0 aliphatic heterocycles. The summed E-state index contributed by atoms with van der Waals surface area (Å²) in [5, 5.41) is 9.46. The van der Waals surface area contributed by atoms with E-state index >= 15 is 0 Å². The maximum atomic E-state index is 12.1. The normalized spacial score (nSPS) is 12.6. The molecule has 1 heterocycles. The van der Waals surface area contributed by atoms with Crippen LogP contribution in [-0.4, -0.2) is 43.6 Å². The van der Waals surface area contributed by atoms with E-state index < -0.39 is 0 Å². The van der Waals surface area contributed by atoms with Crippen LogP contribution in [0.4, 0.5) is 0 Å². The number of guanidine groups is 1. The maximum Gasteiger partial charge on any atom is 0.263 e. The minimum atomic E-state index is -0.0945. The zero-order valence-electron chi connectivity index (χ0n) is 17.8.